The van der Waals surface area contributed by atoms with Gasteiger partial charge in [-0.1, -0.05) is 48.5 Å². The van der Waals surface area contributed by atoms with Crippen molar-refractivity contribution >= 4 is 12.1 Å². The van der Waals surface area contributed by atoms with Crippen LogP contribution in [0.3, 0.4) is 0 Å². The standard InChI is InChI=1S/C22H21NO4/c24-20(25)19(22-9-13(10-22)11-22)23-21(26)27-12-18-16-7-3-1-5-14(16)15-6-2-4-8-17(15)18/h1-8,13,18-19H,9-12H2,(H,23,26)(H,24,25). The summed E-state index contributed by atoms with van der Waals surface area (Å²) in [5.74, 6) is -0.348. The van der Waals surface area contributed by atoms with E-state index in [-0.39, 0.29) is 17.9 Å². The van der Waals surface area contributed by atoms with Crippen LogP contribution in [0, 0.1) is 11.3 Å². The van der Waals surface area contributed by atoms with Gasteiger partial charge in [-0.25, -0.2) is 9.59 Å². The maximum Gasteiger partial charge on any atom is 0.407 e. The number of hydrogen-bond donors (Lipinski definition) is 2. The van der Waals surface area contributed by atoms with E-state index in [0.717, 1.165) is 30.4 Å². The van der Waals surface area contributed by atoms with Crippen LogP contribution in [0.2, 0.25) is 0 Å². The largest absolute Gasteiger partial charge is 0.480 e. The summed E-state index contributed by atoms with van der Waals surface area (Å²) >= 11 is 0. The molecule has 1 unspecified atom stereocenters. The third-order valence-corrected chi connectivity index (χ3v) is 6.55. The van der Waals surface area contributed by atoms with Gasteiger partial charge in [0.15, 0.2) is 0 Å². The zero-order valence-electron chi connectivity index (χ0n) is 14.9. The average Bonchev–Trinajstić information content (AvgIpc) is 2.91. The summed E-state index contributed by atoms with van der Waals surface area (Å²) in [6.45, 7) is 0.196. The van der Waals surface area contributed by atoms with Crippen molar-refractivity contribution in [2.75, 3.05) is 6.61 Å². The van der Waals surface area contributed by atoms with Crippen LogP contribution in [-0.4, -0.2) is 29.8 Å². The first kappa shape index (κ1) is 16.4. The molecule has 138 valence electrons. The Morgan fingerprint density at radius 1 is 1.04 bits per heavy atom. The molecule has 1 atom stereocenters. The number of nitrogens with one attached hydrogen (secondary N) is 1. The molecule has 0 heterocycles. The molecule has 2 bridgehead atoms. The summed E-state index contributed by atoms with van der Waals surface area (Å²) in [4.78, 5) is 24.0. The van der Waals surface area contributed by atoms with Crippen molar-refractivity contribution in [3.63, 3.8) is 0 Å². The SMILES string of the molecule is O=C(NC(C(=O)O)C12CC(C1)C2)OCC1c2ccccc2-c2ccccc21. The average molecular weight is 363 g/mol. The number of carboxylic acid groups (broad SMARTS) is 1. The molecule has 2 N–H and O–H groups in total. The number of carbonyl (C=O) groups is 2. The van der Waals surface area contributed by atoms with Crippen molar-refractivity contribution in [3.05, 3.63) is 59.7 Å². The molecule has 6 rings (SSSR count). The van der Waals surface area contributed by atoms with Gasteiger partial charge in [-0.2, -0.15) is 0 Å². The lowest BCUT2D eigenvalue weighted by Crippen LogP contribution is -2.66. The summed E-state index contributed by atoms with van der Waals surface area (Å²) in [7, 11) is 0. The van der Waals surface area contributed by atoms with Gasteiger partial charge in [-0.3, -0.25) is 0 Å². The minimum Gasteiger partial charge on any atom is -0.480 e. The van der Waals surface area contributed by atoms with Crippen LogP contribution in [0.1, 0.15) is 36.3 Å². The highest BCUT2D eigenvalue weighted by Gasteiger charge is 2.63. The molecule has 0 aliphatic heterocycles. The van der Waals surface area contributed by atoms with Gasteiger partial charge in [0.1, 0.15) is 12.6 Å². The molecule has 0 saturated heterocycles. The number of benzene rings is 2. The van der Waals surface area contributed by atoms with Crippen molar-refractivity contribution in [1.82, 2.24) is 5.32 Å². The maximum atomic E-state index is 12.3. The Kier molecular flexibility index (Phi) is 3.54. The number of aliphatic carboxylic acids is 1. The number of fused-ring (bicyclic) bond motifs is 3. The third-order valence-electron chi connectivity index (χ3n) is 6.55. The topological polar surface area (TPSA) is 75.6 Å². The van der Waals surface area contributed by atoms with E-state index in [4.69, 9.17) is 4.74 Å². The Morgan fingerprint density at radius 2 is 1.59 bits per heavy atom. The Morgan fingerprint density at radius 3 is 2.07 bits per heavy atom. The van der Waals surface area contributed by atoms with E-state index >= 15 is 0 Å². The number of carboxylic acids is 1. The number of amides is 1. The van der Waals surface area contributed by atoms with E-state index in [9.17, 15) is 14.7 Å². The normalized spacial score (nSPS) is 25.4. The van der Waals surface area contributed by atoms with Crippen molar-refractivity contribution in [2.45, 2.75) is 31.2 Å². The molecule has 5 nitrogen and oxygen atoms in total. The van der Waals surface area contributed by atoms with E-state index in [0.29, 0.717) is 5.92 Å². The molecule has 0 aromatic heterocycles. The van der Waals surface area contributed by atoms with Crippen LogP contribution in [0.25, 0.3) is 11.1 Å². The Labute approximate surface area is 157 Å². The third kappa shape index (κ3) is 2.45. The van der Waals surface area contributed by atoms with Crippen molar-refractivity contribution in [1.29, 1.82) is 0 Å². The van der Waals surface area contributed by atoms with Gasteiger partial charge in [-0.15, -0.1) is 0 Å². The van der Waals surface area contributed by atoms with E-state index in [1.807, 2.05) is 24.3 Å². The van der Waals surface area contributed by atoms with E-state index < -0.39 is 18.1 Å². The first-order valence-electron chi connectivity index (χ1n) is 9.42. The molecule has 2 aromatic rings. The fourth-order valence-electron chi connectivity index (χ4n) is 5.13. The summed E-state index contributed by atoms with van der Waals surface area (Å²) in [6.07, 6.45) is 2.04. The molecule has 3 saturated carbocycles. The first-order chi connectivity index (χ1) is 13.1. The van der Waals surface area contributed by atoms with Crippen LogP contribution < -0.4 is 5.32 Å². The molecule has 27 heavy (non-hydrogen) atoms. The van der Waals surface area contributed by atoms with E-state index in [2.05, 4.69) is 29.6 Å². The highest BCUT2D eigenvalue weighted by Crippen LogP contribution is 2.66. The van der Waals surface area contributed by atoms with E-state index in [1.165, 1.54) is 11.1 Å². The highest BCUT2D eigenvalue weighted by molar-refractivity contribution is 5.82. The molecule has 2 aromatic carbocycles. The van der Waals surface area contributed by atoms with Crippen LogP contribution >= 0.6 is 0 Å². The minimum atomic E-state index is -0.971. The van der Waals surface area contributed by atoms with Crippen molar-refractivity contribution in [3.8, 4) is 11.1 Å². The number of carbonyl (C=O) groups excluding carboxylic acids is 1. The van der Waals surface area contributed by atoms with Gasteiger partial charge in [0.25, 0.3) is 0 Å². The second-order valence-corrected chi connectivity index (χ2v) is 8.08. The van der Waals surface area contributed by atoms with Gasteiger partial charge in [0, 0.05) is 11.3 Å². The minimum absolute atomic E-state index is 0.0265. The number of ether oxygens (including phenoxy) is 1. The second-order valence-electron chi connectivity index (χ2n) is 8.08. The lowest BCUT2D eigenvalue weighted by atomic mass is 9.42. The fourth-order valence-corrected chi connectivity index (χ4v) is 5.13. The molecular formula is C22H21NO4. The summed E-state index contributed by atoms with van der Waals surface area (Å²) in [6, 6.07) is 15.4. The summed E-state index contributed by atoms with van der Waals surface area (Å²) < 4.78 is 5.49. The van der Waals surface area contributed by atoms with Crippen LogP contribution in [0.4, 0.5) is 4.79 Å². The van der Waals surface area contributed by atoms with Crippen LogP contribution in [0.15, 0.2) is 48.5 Å². The van der Waals surface area contributed by atoms with Gasteiger partial charge in [0.05, 0.1) is 0 Å². The molecule has 0 radical (unpaired) electrons. The summed E-state index contributed by atoms with van der Waals surface area (Å²) in [5, 5.41) is 12.1. The Bertz CT molecular complexity index is 875. The maximum absolute atomic E-state index is 12.3. The number of hydrogen-bond acceptors (Lipinski definition) is 3. The fraction of sp³-hybridized carbons (Fsp3) is 0.364. The Balaban J connectivity index is 1.30. The molecule has 4 aliphatic carbocycles. The lowest BCUT2D eigenvalue weighted by Gasteiger charge is -2.63. The predicted octanol–water partition coefficient (Wildman–Crippen LogP) is 3.78. The number of rotatable bonds is 5. The highest BCUT2D eigenvalue weighted by atomic mass is 16.5. The zero-order chi connectivity index (χ0) is 18.6. The Hall–Kier alpha value is -2.82. The van der Waals surface area contributed by atoms with Gasteiger partial charge < -0.3 is 15.2 Å². The van der Waals surface area contributed by atoms with Crippen molar-refractivity contribution in [2.24, 2.45) is 11.3 Å². The first-order valence-corrected chi connectivity index (χ1v) is 9.42. The van der Waals surface area contributed by atoms with Crippen LogP contribution in [-0.2, 0) is 9.53 Å². The molecule has 3 fully saturated rings. The van der Waals surface area contributed by atoms with E-state index in [1.54, 1.807) is 0 Å². The van der Waals surface area contributed by atoms with Crippen molar-refractivity contribution < 1.29 is 19.4 Å². The summed E-state index contributed by atoms with van der Waals surface area (Å²) in [5.41, 5.74) is 4.36. The zero-order valence-corrected chi connectivity index (χ0v) is 14.9. The molecule has 5 heteroatoms. The molecule has 1 amide bonds. The smallest absolute Gasteiger partial charge is 0.407 e. The van der Waals surface area contributed by atoms with Gasteiger partial charge in [0.2, 0.25) is 0 Å². The molecule has 0 spiro atoms. The molecule has 4 aliphatic rings. The predicted molar refractivity (Wildman–Crippen MR) is 99.4 cm³/mol. The second kappa shape index (κ2) is 5.84. The monoisotopic (exact) mass is 363 g/mol. The van der Waals surface area contributed by atoms with Crippen LogP contribution in [0.5, 0.6) is 0 Å². The molecular weight excluding hydrogens is 342 g/mol. The van der Waals surface area contributed by atoms with Gasteiger partial charge >= 0.3 is 12.1 Å². The van der Waals surface area contributed by atoms with Gasteiger partial charge in [-0.05, 0) is 47.4 Å². The quantitative estimate of drug-likeness (QED) is 0.848. The number of alkyl carbamates (subject to hydrolysis) is 1. The lowest BCUT2D eigenvalue weighted by molar-refractivity contribution is -0.169.